The lowest BCUT2D eigenvalue weighted by Crippen LogP contribution is -2.65. The molecule has 1 aliphatic heterocycles. The molecular weight excluding hydrogens is 508 g/mol. The molecule has 1 aromatic heterocycles. The number of benzene rings is 2. The van der Waals surface area contributed by atoms with Gasteiger partial charge in [0.25, 0.3) is 10.0 Å². The number of amides is 1. The molecule has 0 spiro atoms. The summed E-state index contributed by atoms with van der Waals surface area (Å²) in [6.07, 6.45) is -8.84. The molecule has 5 N–H and O–H groups in total. The second-order valence-electron chi connectivity index (χ2n) is 8.20. The summed E-state index contributed by atoms with van der Waals surface area (Å²) in [6, 6.07) is 14.8. The molecule has 1 amide bonds. The molecule has 0 bridgehead atoms. The van der Waals surface area contributed by atoms with E-state index >= 15 is 0 Å². The highest BCUT2D eigenvalue weighted by atomic mass is 32.2. The SMILES string of the molecule is CC(=O)Nc1ccc(S(=O)(=O)N(c2ccnn2-c2ccccc2)C2O[C@H](C(=O)O)[C@@H](O)[C@H](O)[C@H]2O)cc1. The Kier molecular flexibility index (Phi) is 7.29. The first-order chi connectivity index (χ1) is 17.5. The van der Waals surface area contributed by atoms with Crippen LogP contribution in [0.25, 0.3) is 5.69 Å². The highest BCUT2D eigenvalue weighted by Crippen LogP contribution is 2.34. The van der Waals surface area contributed by atoms with Crippen LogP contribution in [0.15, 0.2) is 71.8 Å². The summed E-state index contributed by atoms with van der Waals surface area (Å²) < 4.78 is 35.2. The van der Waals surface area contributed by atoms with E-state index in [0.717, 1.165) is 0 Å². The molecule has 1 aliphatic rings. The number of sulfonamides is 1. The molecule has 5 atom stereocenters. The molecule has 1 unspecified atom stereocenters. The van der Waals surface area contributed by atoms with Crippen molar-refractivity contribution in [1.29, 1.82) is 0 Å². The quantitative estimate of drug-likeness (QED) is 0.275. The molecule has 2 heterocycles. The van der Waals surface area contributed by atoms with Crippen LogP contribution in [0.4, 0.5) is 11.5 Å². The third-order valence-electron chi connectivity index (χ3n) is 5.64. The average molecular weight is 533 g/mol. The van der Waals surface area contributed by atoms with E-state index in [9.17, 15) is 38.4 Å². The molecule has 14 heteroatoms. The Morgan fingerprint density at radius 1 is 0.973 bits per heavy atom. The second kappa shape index (κ2) is 10.3. The predicted octanol–water partition coefficient (Wildman–Crippen LogP) is -0.0818. The number of hydrogen-bond donors (Lipinski definition) is 5. The van der Waals surface area contributed by atoms with E-state index < -0.39 is 46.6 Å². The van der Waals surface area contributed by atoms with Crippen molar-refractivity contribution in [2.45, 2.75) is 42.5 Å². The van der Waals surface area contributed by atoms with Gasteiger partial charge < -0.3 is 30.5 Å². The van der Waals surface area contributed by atoms with Gasteiger partial charge in [0.05, 0.1) is 16.8 Å². The summed E-state index contributed by atoms with van der Waals surface area (Å²) in [5, 5.41) is 47.5. The van der Waals surface area contributed by atoms with Crippen molar-refractivity contribution >= 4 is 33.4 Å². The Bertz CT molecular complexity index is 1380. The maximum Gasteiger partial charge on any atom is 0.335 e. The van der Waals surface area contributed by atoms with Gasteiger partial charge in [-0.15, -0.1) is 0 Å². The number of aliphatic carboxylic acids is 1. The van der Waals surface area contributed by atoms with Gasteiger partial charge in [0.1, 0.15) is 24.1 Å². The largest absolute Gasteiger partial charge is 0.479 e. The molecule has 13 nitrogen and oxygen atoms in total. The van der Waals surface area contributed by atoms with Crippen LogP contribution in [-0.4, -0.2) is 81.1 Å². The third-order valence-corrected chi connectivity index (χ3v) is 7.42. The molecule has 0 aliphatic carbocycles. The fraction of sp³-hybridized carbons (Fsp3) is 0.261. The lowest BCUT2D eigenvalue weighted by atomic mass is 9.98. The van der Waals surface area contributed by atoms with Gasteiger partial charge in [-0.1, -0.05) is 18.2 Å². The second-order valence-corrected chi connectivity index (χ2v) is 10.0. The van der Waals surface area contributed by atoms with E-state index in [-0.39, 0.29) is 16.6 Å². The zero-order chi connectivity index (χ0) is 26.9. The number of para-hydroxylation sites is 1. The van der Waals surface area contributed by atoms with Crippen molar-refractivity contribution in [2.75, 3.05) is 9.62 Å². The molecule has 3 aromatic rings. The molecule has 0 radical (unpaired) electrons. The zero-order valence-corrected chi connectivity index (χ0v) is 20.1. The van der Waals surface area contributed by atoms with Crippen LogP contribution in [0, 0.1) is 0 Å². The van der Waals surface area contributed by atoms with Gasteiger partial charge in [-0.25, -0.2) is 22.2 Å². The van der Waals surface area contributed by atoms with Crippen molar-refractivity contribution in [3.63, 3.8) is 0 Å². The fourth-order valence-electron chi connectivity index (χ4n) is 3.91. The number of ether oxygens (including phenoxy) is 1. The molecule has 4 rings (SSSR count). The Labute approximate surface area is 211 Å². The lowest BCUT2D eigenvalue weighted by molar-refractivity contribution is -0.224. The summed E-state index contributed by atoms with van der Waals surface area (Å²) in [7, 11) is -4.63. The maximum atomic E-state index is 14.0. The van der Waals surface area contributed by atoms with Crippen molar-refractivity contribution < 1.29 is 43.2 Å². The fourth-order valence-corrected chi connectivity index (χ4v) is 5.45. The van der Waals surface area contributed by atoms with Gasteiger partial charge in [-0.3, -0.25) is 4.79 Å². The Hall–Kier alpha value is -3.82. The van der Waals surface area contributed by atoms with Gasteiger partial charge in [0.15, 0.2) is 12.3 Å². The molecule has 37 heavy (non-hydrogen) atoms. The zero-order valence-electron chi connectivity index (χ0n) is 19.3. The highest BCUT2D eigenvalue weighted by Gasteiger charge is 2.52. The van der Waals surface area contributed by atoms with E-state index in [2.05, 4.69) is 10.4 Å². The van der Waals surface area contributed by atoms with Crippen LogP contribution in [-0.2, 0) is 24.3 Å². The molecular formula is C23H24N4O9S. The van der Waals surface area contributed by atoms with Crippen LogP contribution in [0.5, 0.6) is 0 Å². The number of anilines is 2. The number of rotatable bonds is 7. The molecule has 1 saturated heterocycles. The van der Waals surface area contributed by atoms with Crippen molar-refractivity contribution in [2.24, 2.45) is 0 Å². The van der Waals surface area contributed by atoms with E-state index in [1.807, 2.05) is 0 Å². The van der Waals surface area contributed by atoms with Gasteiger partial charge in [0.2, 0.25) is 5.91 Å². The lowest BCUT2D eigenvalue weighted by Gasteiger charge is -2.43. The normalized spacial score (nSPS) is 23.8. The van der Waals surface area contributed by atoms with E-state index in [0.29, 0.717) is 15.7 Å². The number of carbonyl (C=O) groups excluding carboxylic acids is 1. The minimum absolute atomic E-state index is 0.145. The average Bonchev–Trinajstić information content (AvgIpc) is 3.33. The van der Waals surface area contributed by atoms with Crippen molar-refractivity contribution in [3.8, 4) is 5.69 Å². The minimum atomic E-state index is -4.63. The molecule has 196 valence electrons. The summed E-state index contributed by atoms with van der Waals surface area (Å²) in [6.45, 7) is 1.29. The third kappa shape index (κ3) is 5.05. The number of nitrogens with one attached hydrogen (secondary N) is 1. The molecule has 1 fully saturated rings. The van der Waals surface area contributed by atoms with E-state index in [1.165, 1.54) is 48.1 Å². The minimum Gasteiger partial charge on any atom is -0.479 e. The standard InChI is InChI=1S/C23H24N4O9S/c1-13(28)25-14-7-9-16(10-8-14)37(34,35)27(17-11-12-24-26(17)15-5-3-2-4-6-15)22-20(31)18(29)19(30)21(36-22)23(32)33/h2-12,18-22,29-31H,1H3,(H,25,28)(H,32,33)/t18-,19-,20+,21-,22?/m0/s1. The number of aromatic nitrogens is 2. The summed E-state index contributed by atoms with van der Waals surface area (Å²) >= 11 is 0. The van der Waals surface area contributed by atoms with Crippen LogP contribution >= 0.6 is 0 Å². The van der Waals surface area contributed by atoms with Crippen LogP contribution in [0.2, 0.25) is 0 Å². The van der Waals surface area contributed by atoms with Crippen LogP contribution < -0.4 is 9.62 Å². The number of carboxylic acid groups (broad SMARTS) is 1. The van der Waals surface area contributed by atoms with Crippen molar-refractivity contribution in [3.05, 3.63) is 66.9 Å². The first-order valence-electron chi connectivity index (χ1n) is 11.0. The Morgan fingerprint density at radius 2 is 1.62 bits per heavy atom. The summed E-state index contributed by atoms with van der Waals surface area (Å²) in [5.74, 6) is -2.18. The van der Waals surface area contributed by atoms with E-state index in [4.69, 9.17) is 4.74 Å². The van der Waals surface area contributed by atoms with Crippen LogP contribution in [0.3, 0.4) is 0 Å². The molecule has 0 saturated carbocycles. The van der Waals surface area contributed by atoms with Crippen LogP contribution in [0.1, 0.15) is 6.92 Å². The summed E-state index contributed by atoms with van der Waals surface area (Å²) in [5.41, 5.74) is 0.759. The number of aliphatic hydroxyl groups is 3. The van der Waals surface area contributed by atoms with E-state index in [1.54, 1.807) is 30.3 Å². The Morgan fingerprint density at radius 3 is 2.22 bits per heavy atom. The summed E-state index contributed by atoms with van der Waals surface area (Å²) in [4.78, 5) is 22.7. The number of carboxylic acids is 1. The van der Waals surface area contributed by atoms with Gasteiger partial charge >= 0.3 is 5.97 Å². The first-order valence-corrected chi connectivity index (χ1v) is 12.4. The predicted molar refractivity (Wildman–Crippen MR) is 128 cm³/mol. The maximum absolute atomic E-state index is 14.0. The number of nitrogens with zero attached hydrogens (tertiary/aromatic N) is 3. The number of hydrogen-bond acceptors (Lipinski definition) is 9. The topological polar surface area (TPSA) is 192 Å². The van der Waals surface area contributed by atoms with Gasteiger partial charge in [-0.2, -0.15) is 5.10 Å². The van der Waals surface area contributed by atoms with Crippen molar-refractivity contribution in [1.82, 2.24) is 9.78 Å². The van der Waals surface area contributed by atoms with Gasteiger partial charge in [0, 0.05) is 18.7 Å². The Balaban J connectivity index is 1.87. The number of carbonyl (C=O) groups is 2. The number of aliphatic hydroxyl groups excluding tert-OH is 3. The first kappa shape index (κ1) is 26.2. The highest BCUT2D eigenvalue weighted by molar-refractivity contribution is 7.92. The monoisotopic (exact) mass is 532 g/mol. The van der Waals surface area contributed by atoms with Gasteiger partial charge in [-0.05, 0) is 36.4 Å². The molecule has 2 aromatic carbocycles. The smallest absolute Gasteiger partial charge is 0.335 e.